The van der Waals surface area contributed by atoms with Gasteiger partial charge in [-0.05, 0) is 42.8 Å². The molecule has 1 atom stereocenters. The van der Waals surface area contributed by atoms with Gasteiger partial charge in [-0.25, -0.2) is 0 Å². The first-order chi connectivity index (χ1) is 8.97. The Morgan fingerprint density at radius 1 is 1.11 bits per heavy atom. The molecular formula is C14H11BrCl2OS. The molecule has 2 aromatic carbocycles. The Kier molecular flexibility index (Phi) is 5.21. The Hall–Kier alpha value is -0.190. The lowest BCUT2D eigenvalue weighted by Gasteiger charge is -2.12. The van der Waals surface area contributed by atoms with Gasteiger partial charge in [-0.15, -0.1) is 0 Å². The van der Waals surface area contributed by atoms with E-state index in [1.807, 2.05) is 30.3 Å². The number of halogens is 3. The van der Waals surface area contributed by atoms with Crippen LogP contribution in [0.25, 0.3) is 0 Å². The zero-order chi connectivity index (χ0) is 14.0. The van der Waals surface area contributed by atoms with Gasteiger partial charge in [0.25, 0.3) is 0 Å². The second kappa shape index (κ2) is 6.51. The predicted octanol–water partition coefficient (Wildman–Crippen LogP) is 5.96. The zero-order valence-corrected chi connectivity index (χ0v) is 13.9. The molecule has 0 radical (unpaired) electrons. The molecule has 19 heavy (non-hydrogen) atoms. The van der Waals surface area contributed by atoms with Crippen LogP contribution >= 0.6 is 50.9 Å². The van der Waals surface area contributed by atoms with E-state index in [2.05, 4.69) is 15.9 Å². The minimum absolute atomic E-state index is 0.515. The van der Waals surface area contributed by atoms with Crippen molar-refractivity contribution in [1.82, 2.24) is 0 Å². The lowest BCUT2D eigenvalue weighted by Crippen LogP contribution is -1.93. The SMILES string of the molecule is CC(O)c1ccc(Br)cc1Sc1ccc(Cl)c(Cl)c1. The van der Waals surface area contributed by atoms with E-state index in [4.69, 9.17) is 23.2 Å². The summed E-state index contributed by atoms with van der Waals surface area (Å²) in [6.45, 7) is 1.75. The van der Waals surface area contributed by atoms with Crippen molar-refractivity contribution in [2.75, 3.05) is 0 Å². The van der Waals surface area contributed by atoms with E-state index in [-0.39, 0.29) is 0 Å². The summed E-state index contributed by atoms with van der Waals surface area (Å²) in [6.07, 6.45) is -0.515. The molecule has 5 heteroatoms. The Labute approximate surface area is 135 Å². The highest BCUT2D eigenvalue weighted by Gasteiger charge is 2.10. The maximum atomic E-state index is 9.80. The maximum absolute atomic E-state index is 9.80. The molecule has 0 amide bonds. The first kappa shape index (κ1) is 15.2. The Bertz CT molecular complexity index is 602. The van der Waals surface area contributed by atoms with Crippen LogP contribution in [0.1, 0.15) is 18.6 Å². The number of benzene rings is 2. The molecule has 0 saturated carbocycles. The third-order valence-corrected chi connectivity index (χ3v) is 4.84. The van der Waals surface area contributed by atoms with Crippen LogP contribution in [0.2, 0.25) is 10.0 Å². The van der Waals surface area contributed by atoms with E-state index in [0.717, 1.165) is 19.8 Å². The molecule has 2 aromatic rings. The molecule has 0 aliphatic heterocycles. The lowest BCUT2D eigenvalue weighted by atomic mass is 10.1. The molecular weight excluding hydrogens is 367 g/mol. The Balaban J connectivity index is 2.36. The highest BCUT2D eigenvalue weighted by Crippen LogP contribution is 2.37. The summed E-state index contributed by atoms with van der Waals surface area (Å²) in [4.78, 5) is 1.97. The van der Waals surface area contributed by atoms with E-state index in [9.17, 15) is 5.11 Å². The van der Waals surface area contributed by atoms with Crippen molar-refractivity contribution in [2.24, 2.45) is 0 Å². The molecule has 100 valence electrons. The van der Waals surface area contributed by atoms with Crippen LogP contribution in [0.15, 0.2) is 50.7 Å². The first-order valence-corrected chi connectivity index (χ1v) is 7.94. The van der Waals surface area contributed by atoms with Gasteiger partial charge < -0.3 is 5.11 Å². The molecule has 0 aliphatic carbocycles. The number of rotatable bonds is 3. The lowest BCUT2D eigenvalue weighted by molar-refractivity contribution is 0.196. The minimum atomic E-state index is -0.515. The standard InChI is InChI=1S/C14H11BrCl2OS/c1-8(18)11-4-2-9(15)6-14(11)19-10-3-5-12(16)13(17)7-10/h2-8,18H,1H3. The highest BCUT2D eigenvalue weighted by molar-refractivity contribution is 9.10. The van der Waals surface area contributed by atoms with Crippen LogP contribution in [0.4, 0.5) is 0 Å². The average molecular weight is 378 g/mol. The van der Waals surface area contributed by atoms with Gasteiger partial charge in [0.15, 0.2) is 0 Å². The fourth-order valence-electron chi connectivity index (χ4n) is 1.61. The van der Waals surface area contributed by atoms with Crippen LogP contribution in [0, 0.1) is 0 Å². The molecule has 0 aromatic heterocycles. The zero-order valence-electron chi connectivity index (χ0n) is 10.0. The molecule has 2 rings (SSSR count). The molecule has 0 fully saturated rings. The topological polar surface area (TPSA) is 20.2 Å². The van der Waals surface area contributed by atoms with Crippen LogP contribution in [-0.4, -0.2) is 5.11 Å². The van der Waals surface area contributed by atoms with Gasteiger partial charge in [0.1, 0.15) is 0 Å². The third-order valence-electron chi connectivity index (χ3n) is 2.54. The minimum Gasteiger partial charge on any atom is -0.389 e. The van der Waals surface area contributed by atoms with Crippen molar-refractivity contribution < 1.29 is 5.11 Å². The van der Waals surface area contributed by atoms with E-state index in [1.165, 1.54) is 0 Å². The van der Waals surface area contributed by atoms with E-state index < -0.39 is 6.10 Å². The number of aliphatic hydroxyl groups is 1. The maximum Gasteiger partial charge on any atom is 0.0772 e. The fraction of sp³-hybridized carbons (Fsp3) is 0.143. The summed E-state index contributed by atoms with van der Waals surface area (Å²) in [5.74, 6) is 0. The van der Waals surface area contributed by atoms with Gasteiger partial charge in [-0.1, -0.05) is 57.0 Å². The summed E-state index contributed by atoms with van der Waals surface area (Å²) in [6, 6.07) is 11.3. The predicted molar refractivity (Wildman–Crippen MR) is 85.4 cm³/mol. The summed E-state index contributed by atoms with van der Waals surface area (Å²) >= 11 is 16.9. The molecule has 0 spiro atoms. The number of aliphatic hydroxyl groups excluding tert-OH is 1. The van der Waals surface area contributed by atoms with E-state index >= 15 is 0 Å². The van der Waals surface area contributed by atoms with Crippen molar-refractivity contribution in [1.29, 1.82) is 0 Å². The molecule has 1 nitrogen and oxygen atoms in total. The van der Waals surface area contributed by atoms with Gasteiger partial charge in [-0.3, -0.25) is 0 Å². The normalized spacial score (nSPS) is 12.5. The van der Waals surface area contributed by atoms with Crippen molar-refractivity contribution >= 4 is 50.9 Å². The van der Waals surface area contributed by atoms with Crippen LogP contribution in [0.3, 0.4) is 0 Å². The number of hydrogen-bond donors (Lipinski definition) is 1. The van der Waals surface area contributed by atoms with Gasteiger partial charge in [-0.2, -0.15) is 0 Å². The van der Waals surface area contributed by atoms with Crippen molar-refractivity contribution in [3.8, 4) is 0 Å². The van der Waals surface area contributed by atoms with Gasteiger partial charge in [0.2, 0.25) is 0 Å². The van der Waals surface area contributed by atoms with Crippen molar-refractivity contribution in [2.45, 2.75) is 22.8 Å². The molecule has 0 heterocycles. The third kappa shape index (κ3) is 3.89. The first-order valence-electron chi connectivity index (χ1n) is 5.58. The smallest absolute Gasteiger partial charge is 0.0772 e. The summed E-state index contributed by atoms with van der Waals surface area (Å²) < 4.78 is 0.972. The molecule has 0 bridgehead atoms. The fourth-order valence-corrected chi connectivity index (χ4v) is 3.59. The van der Waals surface area contributed by atoms with E-state index in [0.29, 0.717) is 10.0 Å². The molecule has 1 unspecified atom stereocenters. The summed E-state index contributed by atoms with van der Waals surface area (Å²) in [5.41, 5.74) is 0.888. The molecule has 0 saturated heterocycles. The second-order valence-electron chi connectivity index (χ2n) is 4.04. The largest absolute Gasteiger partial charge is 0.389 e. The highest BCUT2D eigenvalue weighted by atomic mass is 79.9. The second-order valence-corrected chi connectivity index (χ2v) is 6.88. The quantitative estimate of drug-likeness (QED) is 0.711. The summed E-state index contributed by atoms with van der Waals surface area (Å²) in [5, 5.41) is 10.9. The summed E-state index contributed by atoms with van der Waals surface area (Å²) in [7, 11) is 0. The van der Waals surface area contributed by atoms with Crippen LogP contribution in [0.5, 0.6) is 0 Å². The Morgan fingerprint density at radius 3 is 2.47 bits per heavy atom. The number of hydrogen-bond acceptors (Lipinski definition) is 2. The van der Waals surface area contributed by atoms with Gasteiger partial charge >= 0.3 is 0 Å². The van der Waals surface area contributed by atoms with Gasteiger partial charge in [0, 0.05) is 14.3 Å². The van der Waals surface area contributed by atoms with Crippen molar-refractivity contribution in [3.05, 3.63) is 56.5 Å². The average Bonchev–Trinajstić information content (AvgIpc) is 2.33. The van der Waals surface area contributed by atoms with Crippen molar-refractivity contribution in [3.63, 3.8) is 0 Å². The van der Waals surface area contributed by atoms with Crippen LogP contribution in [-0.2, 0) is 0 Å². The van der Waals surface area contributed by atoms with E-state index in [1.54, 1.807) is 24.8 Å². The van der Waals surface area contributed by atoms with Gasteiger partial charge in [0.05, 0.1) is 16.1 Å². The molecule has 1 N–H and O–H groups in total. The monoisotopic (exact) mass is 376 g/mol. The Morgan fingerprint density at radius 2 is 1.84 bits per heavy atom. The molecule has 0 aliphatic rings. The van der Waals surface area contributed by atoms with Crippen LogP contribution < -0.4 is 0 Å².